The van der Waals surface area contributed by atoms with Crippen molar-refractivity contribution in [2.24, 2.45) is 17.8 Å². The lowest BCUT2D eigenvalue weighted by Crippen LogP contribution is -2.53. The van der Waals surface area contributed by atoms with Crippen molar-refractivity contribution in [1.29, 1.82) is 0 Å². The Morgan fingerprint density at radius 2 is 1.93 bits per heavy atom. The van der Waals surface area contributed by atoms with Gasteiger partial charge in [-0.3, -0.25) is 0 Å². The molecule has 1 N–H and O–H groups in total. The van der Waals surface area contributed by atoms with E-state index >= 15 is 0 Å². The third kappa shape index (κ3) is 4.16. The highest BCUT2D eigenvalue weighted by molar-refractivity contribution is 6.74. The number of fused-ring (bicyclic) bond motifs is 2. The summed E-state index contributed by atoms with van der Waals surface area (Å²) in [6.45, 7) is 14.9. The molecule has 3 rings (SSSR count). The number of rotatable bonds is 5. The monoisotopic (exact) mass is 394 g/mol. The molecule has 0 radical (unpaired) electrons. The Labute approximate surface area is 166 Å². The first-order chi connectivity index (χ1) is 12.6. The van der Waals surface area contributed by atoms with Crippen molar-refractivity contribution in [2.45, 2.75) is 95.9 Å². The minimum absolute atomic E-state index is 0.0230. The van der Waals surface area contributed by atoms with E-state index in [1.54, 1.807) is 0 Å². The molecule has 0 aromatic heterocycles. The second-order valence-electron chi connectivity index (χ2n) is 10.1. The lowest BCUT2D eigenvalue weighted by molar-refractivity contribution is -0.270. The molecule has 27 heavy (non-hydrogen) atoms. The molecule has 0 bridgehead atoms. The summed E-state index contributed by atoms with van der Waals surface area (Å²) >= 11 is 0. The van der Waals surface area contributed by atoms with E-state index in [0.29, 0.717) is 25.0 Å². The van der Waals surface area contributed by atoms with E-state index in [1.165, 1.54) is 0 Å². The first kappa shape index (κ1) is 21.3. The SMILES string of the molecule is CCCCC(C#CC1C(O)CC2C1CC21OCCO1)O[Si](C)(C)C(C)(C)C. The lowest BCUT2D eigenvalue weighted by atomic mass is 9.67. The third-order valence-corrected chi connectivity index (χ3v) is 11.7. The van der Waals surface area contributed by atoms with E-state index in [4.69, 9.17) is 13.9 Å². The Morgan fingerprint density at radius 1 is 1.26 bits per heavy atom. The van der Waals surface area contributed by atoms with Crippen molar-refractivity contribution in [3.05, 3.63) is 0 Å². The minimum atomic E-state index is -1.86. The highest BCUT2D eigenvalue weighted by Gasteiger charge is 2.64. The van der Waals surface area contributed by atoms with Crippen molar-refractivity contribution < 1.29 is 19.0 Å². The van der Waals surface area contributed by atoms with E-state index in [0.717, 1.165) is 32.1 Å². The zero-order valence-electron chi connectivity index (χ0n) is 18.0. The summed E-state index contributed by atoms with van der Waals surface area (Å²) in [5, 5.41) is 10.8. The predicted molar refractivity (Wildman–Crippen MR) is 110 cm³/mol. The largest absolute Gasteiger partial charge is 0.403 e. The van der Waals surface area contributed by atoms with Gasteiger partial charge in [0.1, 0.15) is 6.10 Å². The zero-order valence-corrected chi connectivity index (χ0v) is 19.0. The maximum Gasteiger partial charge on any atom is 0.193 e. The maximum absolute atomic E-state index is 10.6. The van der Waals surface area contributed by atoms with Gasteiger partial charge in [-0.15, -0.1) is 0 Å². The van der Waals surface area contributed by atoms with E-state index < -0.39 is 14.1 Å². The molecule has 1 aliphatic heterocycles. The second-order valence-corrected chi connectivity index (χ2v) is 14.9. The van der Waals surface area contributed by atoms with Gasteiger partial charge in [-0.25, -0.2) is 0 Å². The number of hydrogen-bond donors (Lipinski definition) is 1. The van der Waals surface area contributed by atoms with Crippen molar-refractivity contribution >= 4 is 8.32 Å². The van der Waals surface area contributed by atoms with Crippen LogP contribution in [0.4, 0.5) is 0 Å². The van der Waals surface area contributed by atoms with Gasteiger partial charge < -0.3 is 19.0 Å². The Kier molecular flexibility index (Phi) is 6.16. The van der Waals surface area contributed by atoms with Gasteiger partial charge in [0.15, 0.2) is 14.1 Å². The fourth-order valence-electron chi connectivity index (χ4n) is 4.49. The fraction of sp³-hybridized carbons (Fsp3) is 0.909. The Balaban J connectivity index is 1.69. The van der Waals surface area contributed by atoms with Gasteiger partial charge in [0, 0.05) is 18.3 Å². The number of aliphatic hydroxyl groups is 1. The molecule has 4 nitrogen and oxygen atoms in total. The molecule has 3 fully saturated rings. The predicted octanol–water partition coefficient (Wildman–Crippen LogP) is 4.33. The topological polar surface area (TPSA) is 47.9 Å². The van der Waals surface area contributed by atoms with Crippen molar-refractivity contribution in [2.75, 3.05) is 13.2 Å². The van der Waals surface area contributed by atoms with Gasteiger partial charge in [-0.2, -0.15) is 0 Å². The number of ether oxygens (including phenoxy) is 2. The van der Waals surface area contributed by atoms with Crippen LogP contribution in [-0.4, -0.2) is 44.6 Å². The Hall–Kier alpha value is -0.383. The molecule has 1 saturated heterocycles. The third-order valence-electron chi connectivity index (χ3n) is 7.22. The summed E-state index contributed by atoms with van der Waals surface area (Å²) < 4.78 is 18.3. The summed E-state index contributed by atoms with van der Waals surface area (Å²) in [5.41, 5.74) is 0. The Morgan fingerprint density at radius 3 is 2.52 bits per heavy atom. The standard InChI is InChI=1S/C22H38O4Si/c1-7-8-9-16(26-27(5,6)21(2,3)4)10-11-17-18-15-22(24-12-13-25-22)19(18)14-20(17)23/h16-20,23H,7-9,12-15H2,1-6H3. The average Bonchev–Trinajstić information content (AvgIpc) is 3.15. The molecule has 0 amide bonds. The molecule has 2 saturated carbocycles. The molecule has 2 aliphatic carbocycles. The normalized spacial score (nSPS) is 33.3. The lowest BCUT2D eigenvalue weighted by Gasteiger charge is -2.48. The molecule has 1 spiro atoms. The molecule has 1 heterocycles. The van der Waals surface area contributed by atoms with Gasteiger partial charge >= 0.3 is 0 Å². The minimum Gasteiger partial charge on any atom is -0.403 e. The van der Waals surface area contributed by atoms with Crippen LogP contribution >= 0.6 is 0 Å². The summed E-state index contributed by atoms with van der Waals surface area (Å²) in [7, 11) is -1.86. The van der Waals surface area contributed by atoms with Crippen molar-refractivity contribution in [3.8, 4) is 11.8 Å². The Bertz CT molecular complexity index is 579. The molecular formula is C22H38O4Si. The van der Waals surface area contributed by atoms with Crippen molar-refractivity contribution in [1.82, 2.24) is 0 Å². The maximum atomic E-state index is 10.6. The summed E-state index contributed by atoms with van der Waals surface area (Å²) in [6, 6.07) is 0. The molecule has 5 unspecified atom stereocenters. The number of unbranched alkanes of at least 4 members (excludes halogenated alkanes) is 1. The van der Waals surface area contributed by atoms with Gasteiger partial charge in [-0.05, 0) is 36.9 Å². The van der Waals surface area contributed by atoms with Crippen LogP contribution in [0.1, 0.15) is 59.8 Å². The van der Waals surface area contributed by atoms with Gasteiger partial charge in [-0.1, -0.05) is 52.4 Å². The van der Waals surface area contributed by atoms with Crippen LogP contribution in [0, 0.1) is 29.6 Å². The van der Waals surface area contributed by atoms with Crippen LogP contribution in [0.3, 0.4) is 0 Å². The smallest absolute Gasteiger partial charge is 0.193 e. The molecular weight excluding hydrogens is 356 g/mol. The van der Waals surface area contributed by atoms with Crippen LogP contribution in [-0.2, 0) is 13.9 Å². The number of aliphatic hydroxyl groups excluding tert-OH is 1. The quantitative estimate of drug-likeness (QED) is 0.557. The fourth-order valence-corrected chi connectivity index (χ4v) is 5.73. The van der Waals surface area contributed by atoms with Gasteiger partial charge in [0.2, 0.25) is 0 Å². The van der Waals surface area contributed by atoms with Crippen molar-refractivity contribution in [3.63, 3.8) is 0 Å². The van der Waals surface area contributed by atoms with Crippen LogP contribution < -0.4 is 0 Å². The van der Waals surface area contributed by atoms with Crippen LogP contribution in [0.5, 0.6) is 0 Å². The first-order valence-electron chi connectivity index (χ1n) is 10.7. The van der Waals surface area contributed by atoms with E-state index in [2.05, 4.69) is 52.6 Å². The molecule has 0 aromatic carbocycles. The molecule has 5 heteroatoms. The van der Waals surface area contributed by atoms with Gasteiger partial charge in [0.05, 0.1) is 19.3 Å². The molecule has 0 aromatic rings. The van der Waals surface area contributed by atoms with Gasteiger partial charge in [0.25, 0.3) is 0 Å². The van der Waals surface area contributed by atoms with Crippen LogP contribution in [0.2, 0.25) is 18.1 Å². The molecule has 5 atom stereocenters. The zero-order chi connectivity index (χ0) is 19.9. The highest BCUT2D eigenvalue weighted by Crippen LogP contribution is 2.59. The van der Waals surface area contributed by atoms with Crippen LogP contribution in [0.25, 0.3) is 0 Å². The second kappa shape index (κ2) is 7.80. The van der Waals surface area contributed by atoms with E-state index in [-0.39, 0.29) is 23.2 Å². The first-order valence-corrected chi connectivity index (χ1v) is 13.7. The molecule has 3 aliphatic rings. The average molecular weight is 395 g/mol. The summed E-state index contributed by atoms with van der Waals surface area (Å²) in [4.78, 5) is 0. The van der Waals surface area contributed by atoms with E-state index in [1.807, 2.05) is 0 Å². The summed E-state index contributed by atoms with van der Waals surface area (Å²) in [6.07, 6.45) is 4.46. The van der Waals surface area contributed by atoms with Crippen LogP contribution in [0.15, 0.2) is 0 Å². The highest BCUT2D eigenvalue weighted by atomic mass is 28.4. The van der Waals surface area contributed by atoms with E-state index in [9.17, 15) is 5.11 Å². The number of hydrogen-bond acceptors (Lipinski definition) is 4. The summed E-state index contributed by atoms with van der Waals surface area (Å²) in [5.74, 6) is 7.18. The molecule has 154 valence electrons.